The summed E-state index contributed by atoms with van der Waals surface area (Å²) in [5.74, 6) is -0.0545. The summed E-state index contributed by atoms with van der Waals surface area (Å²) in [4.78, 5) is 27.8. The van der Waals surface area contributed by atoms with Gasteiger partial charge in [0.1, 0.15) is 23.8 Å². The van der Waals surface area contributed by atoms with Gasteiger partial charge in [0.25, 0.3) is 5.91 Å². The smallest absolute Gasteiger partial charge is 0.341 e. The summed E-state index contributed by atoms with van der Waals surface area (Å²) in [7, 11) is 0. The molecule has 3 aromatic rings. The highest BCUT2D eigenvalue weighted by atomic mass is 32.1. The molecule has 0 fully saturated rings. The molecule has 1 unspecified atom stereocenters. The molecule has 1 aromatic heterocycles. The van der Waals surface area contributed by atoms with E-state index in [9.17, 15) is 9.59 Å². The number of benzene rings is 2. The molecule has 7 heteroatoms. The van der Waals surface area contributed by atoms with Gasteiger partial charge in [0.05, 0.1) is 23.6 Å². The Bertz CT molecular complexity index is 1070. The number of thiophene rings is 1. The molecule has 0 saturated heterocycles. The van der Waals surface area contributed by atoms with E-state index in [2.05, 4.69) is 29.6 Å². The lowest BCUT2D eigenvalue weighted by molar-refractivity contribution is -0.929. The van der Waals surface area contributed by atoms with E-state index in [0.717, 1.165) is 36.5 Å². The van der Waals surface area contributed by atoms with E-state index in [1.165, 1.54) is 21.8 Å². The number of rotatable bonds is 8. The van der Waals surface area contributed by atoms with Crippen LogP contribution in [0.5, 0.6) is 5.75 Å². The molecule has 0 radical (unpaired) electrons. The van der Waals surface area contributed by atoms with Gasteiger partial charge in [-0.1, -0.05) is 48.5 Å². The van der Waals surface area contributed by atoms with E-state index >= 15 is 0 Å². The lowest BCUT2D eigenvalue weighted by Crippen LogP contribution is -3.10. The van der Waals surface area contributed by atoms with Crippen LogP contribution in [0.3, 0.4) is 0 Å². The highest BCUT2D eigenvalue weighted by Gasteiger charge is 2.31. The van der Waals surface area contributed by atoms with Crippen LogP contribution in [-0.2, 0) is 29.0 Å². The Morgan fingerprint density at radius 1 is 1.06 bits per heavy atom. The summed E-state index contributed by atoms with van der Waals surface area (Å²) in [6.07, 6.45) is 0.776. The molecule has 2 N–H and O–H groups in total. The van der Waals surface area contributed by atoms with Crippen molar-refractivity contribution in [3.05, 3.63) is 82.2 Å². The zero-order valence-electron chi connectivity index (χ0n) is 18.1. The number of nitrogens with one attached hydrogen (secondary N) is 2. The van der Waals surface area contributed by atoms with Crippen molar-refractivity contribution in [1.29, 1.82) is 0 Å². The van der Waals surface area contributed by atoms with E-state index < -0.39 is 0 Å². The van der Waals surface area contributed by atoms with Crippen LogP contribution in [0.15, 0.2) is 60.7 Å². The van der Waals surface area contributed by atoms with Gasteiger partial charge >= 0.3 is 5.97 Å². The summed E-state index contributed by atoms with van der Waals surface area (Å²) < 4.78 is 10.9. The number of hydrogen-bond donors (Lipinski definition) is 2. The van der Waals surface area contributed by atoms with Gasteiger partial charge in [0.15, 0.2) is 6.61 Å². The quantitative estimate of drug-likeness (QED) is 0.517. The molecule has 0 saturated carbocycles. The number of para-hydroxylation sites is 1. The average Bonchev–Trinajstić information content (AvgIpc) is 3.16. The molecule has 4 rings (SSSR count). The van der Waals surface area contributed by atoms with E-state index in [-0.39, 0.29) is 18.5 Å². The van der Waals surface area contributed by atoms with Gasteiger partial charge in [0.2, 0.25) is 0 Å². The van der Waals surface area contributed by atoms with Crippen LogP contribution in [-0.4, -0.2) is 31.6 Å². The number of anilines is 1. The van der Waals surface area contributed by atoms with Crippen LogP contribution in [0.25, 0.3) is 0 Å². The SMILES string of the molecule is CCOC(=O)c1c(NC(=O)COc2ccccc2)sc2c1CC[NH+](Cc1ccccc1)C2. The number of amides is 1. The van der Waals surface area contributed by atoms with Crippen molar-refractivity contribution in [2.75, 3.05) is 25.1 Å². The Morgan fingerprint density at radius 2 is 1.78 bits per heavy atom. The minimum Gasteiger partial charge on any atom is -0.484 e. The Morgan fingerprint density at radius 3 is 2.50 bits per heavy atom. The van der Waals surface area contributed by atoms with Gasteiger partial charge < -0.3 is 19.7 Å². The van der Waals surface area contributed by atoms with Crippen molar-refractivity contribution in [2.45, 2.75) is 26.4 Å². The number of esters is 1. The van der Waals surface area contributed by atoms with Gasteiger partial charge in [0, 0.05) is 12.0 Å². The molecule has 0 bridgehead atoms. The Kier molecular flexibility index (Phi) is 7.19. The van der Waals surface area contributed by atoms with Crippen LogP contribution in [0, 0.1) is 0 Å². The summed E-state index contributed by atoms with van der Waals surface area (Å²) in [6, 6.07) is 19.6. The highest BCUT2D eigenvalue weighted by molar-refractivity contribution is 7.17. The largest absolute Gasteiger partial charge is 0.484 e. The van der Waals surface area contributed by atoms with Gasteiger partial charge in [-0.2, -0.15) is 0 Å². The van der Waals surface area contributed by atoms with Gasteiger partial charge in [-0.05, 0) is 24.6 Å². The predicted octanol–water partition coefficient (Wildman–Crippen LogP) is 3.08. The standard InChI is InChI=1S/C25H26N2O4S/c1-2-30-25(29)23-20-13-14-27(15-18-9-5-3-6-10-18)16-21(20)32-24(23)26-22(28)17-31-19-11-7-4-8-12-19/h3-12H,2,13-17H2,1H3,(H,26,28)/p+1. The Hall–Kier alpha value is -3.16. The third-order valence-electron chi connectivity index (χ3n) is 5.37. The van der Waals surface area contributed by atoms with E-state index in [4.69, 9.17) is 9.47 Å². The summed E-state index contributed by atoms with van der Waals surface area (Å²) >= 11 is 1.47. The first-order valence-corrected chi connectivity index (χ1v) is 11.6. The topological polar surface area (TPSA) is 69.1 Å². The first-order chi connectivity index (χ1) is 15.6. The Balaban J connectivity index is 1.49. The van der Waals surface area contributed by atoms with Crippen LogP contribution < -0.4 is 15.0 Å². The molecule has 1 amide bonds. The van der Waals surface area contributed by atoms with Gasteiger partial charge in [-0.25, -0.2) is 4.79 Å². The first kappa shape index (κ1) is 22.0. The second-order valence-corrected chi connectivity index (χ2v) is 8.77. The first-order valence-electron chi connectivity index (χ1n) is 10.8. The molecule has 166 valence electrons. The van der Waals surface area contributed by atoms with Crippen molar-refractivity contribution in [1.82, 2.24) is 0 Å². The number of hydrogen-bond acceptors (Lipinski definition) is 5. The second-order valence-electron chi connectivity index (χ2n) is 7.67. The van der Waals surface area contributed by atoms with E-state index in [0.29, 0.717) is 22.9 Å². The minimum atomic E-state index is -0.379. The molecule has 6 nitrogen and oxygen atoms in total. The molecule has 1 aliphatic rings. The maximum atomic E-state index is 12.7. The number of fused-ring (bicyclic) bond motifs is 1. The molecule has 32 heavy (non-hydrogen) atoms. The third-order valence-corrected chi connectivity index (χ3v) is 6.52. The number of quaternary nitrogens is 1. The molecule has 2 heterocycles. The molecule has 1 aliphatic heterocycles. The maximum absolute atomic E-state index is 12.7. The van der Waals surface area contributed by atoms with Crippen molar-refractivity contribution >= 4 is 28.2 Å². The molecule has 2 aromatic carbocycles. The van der Waals surface area contributed by atoms with Crippen molar-refractivity contribution in [3.63, 3.8) is 0 Å². The second kappa shape index (κ2) is 10.4. The Labute approximate surface area is 191 Å². The lowest BCUT2D eigenvalue weighted by Gasteiger charge is -2.24. The van der Waals surface area contributed by atoms with Crippen molar-refractivity contribution < 1.29 is 24.0 Å². The number of carbonyl (C=O) groups excluding carboxylic acids is 2. The van der Waals surface area contributed by atoms with Crippen molar-refractivity contribution in [3.8, 4) is 5.75 Å². The predicted molar refractivity (Wildman–Crippen MR) is 124 cm³/mol. The fourth-order valence-corrected chi connectivity index (χ4v) is 5.23. The number of carbonyl (C=O) groups is 2. The van der Waals surface area contributed by atoms with Crippen LogP contribution >= 0.6 is 11.3 Å². The summed E-state index contributed by atoms with van der Waals surface area (Å²) in [5, 5.41) is 3.44. The summed E-state index contributed by atoms with van der Waals surface area (Å²) in [5.41, 5.74) is 2.79. The van der Waals surface area contributed by atoms with E-state index in [1.54, 1.807) is 19.1 Å². The normalized spacial score (nSPS) is 15.0. The minimum absolute atomic E-state index is 0.125. The maximum Gasteiger partial charge on any atom is 0.341 e. The molecule has 0 spiro atoms. The molecule has 1 atom stereocenters. The fourth-order valence-electron chi connectivity index (χ4n) is 3.91. The molecular formula is C25H27N2O4S+. The fraction of sp³-hybridized carbons (Fsp3) is 0.280. The molecule has 0 aliphatic carbocycles. The third kappa shape index (κ3) is 5.36. The van der Waals surface area contributed by atoms with Crippen LogP contribution in [0.4, 0.5) is 5.00 Å². The average molecular weight is 452 g/mol. The van der Waals surface area contributed by atoms with E-state index in [1.807, 2.05) is 24.3 Å². The molecular weight excluding hydrogens is 424 g/mol. The van der Waals surface area contributed by atoms with Crippen LogP contribution in [0.1, 0.15) is 33.3 Å². The zero-order chi connectivity index (χ0) is 22.3. The van der Waals surface area contributed by atoms with Crippen LogP contribution in [0.2, 0.25) is 0 Å². The summed E-state index contributed by atoms with van der Waals surface area (Å²) in [6.45, 7) is 4.63. The number of ether oxygens (including phenoxy) is 2. The van der Waals surface area contributed by atoms with Gasteiger partial charge in [-0.15, -0.1) is 11.3 Å². The van der Waals surface area contributed by atoms with Crippen molar-refractivity contribution in [2.24, 2.45) is 0 Å². The highest BCUT2D eigenvalue weighted by Crippen LogP contribution is 2.35. The monoisotopic (exact) mass is 451 g/mol. The lowest BCUT2D eigenvalue weighted by atomic mass is 10.0. The van der Waals surface area contributed by atoms with Gasteiger partial charge in [-0.3, -0.25) is 4.79 Å². The zero-order valence-corrected chi connectivity index (χ0v) is 18.9.